The van der Waals surface area contributed by atoms with Gasteiger partial charge in [0.05, 0.1) is 22.0 Å². The van der Waals surface area contributed by atoms with Crippen molar-refractivity contribution in [1.82, 2.24) is 5.32 Å². The van der Waals surface area contributed by atoms with Crippen LogP contribution in [0.2, 0.25) is 0 Å². The maximum atomic E-state index is 13.1. The molecule has 33 heavy (non-hydrogen) atoms. The van der Waals surface area contributed by atoms with Crippen LogP contribution in [-0.4, -0.2) is 34.7 Å². The molecule has 0 saturated heterocycles. The number of hydrogen-bond donors (Lipinski definition) is 2. The maximum Gasteiger partial charge on any atom is 0.336 e. The van der Waals surface area contributed by atoms with Gasteiger partial charge < -0.3 is 19.9 Å². The summed E-state index contributed by atoms with van der Waals surface area (Å²) < 4.78 is 11.2. The Kier molecular flexibility index (Phi) is 7.12. The van der Waals surface area contributed by atoms with E-state index in [2.05, 4.69) is 5.32 Å². The minimum Gasteiger partial charge on any atom is -0.487 e. The summed E-state index contributed by atoms with van der Waals surface area (Å²) in [4.78, 5) is 36.3. The fourth-order valence-electron chi connectivity index (χ4n) is 3.79. The molecule has 0 aliphatic carbocycles. The molecule has 0 aromatic heterocycles. The van der Waals surface area contributed by atoms with Crippen LogP contribution in [0.15, 0.2) is 77.1 Å². The molecule has 9 heteroatoms. The molecular formula is C24H24N2O7. The van der Waals surface area contributed by atoms with E-state index in [9.17, 15) is 24.8 Å². The number of carboxylic acid groups (broad SMARTS) is 1. The minimum atomic E-state index is -1.29. The summed E-state index contributed by atoms with van der Waals surface area (Å²) in [5, 5.41) is 24.4. The first-order valence-electron chi connectivity index (χ1n) is 10.2. The number of aliphatic carboxylic acids is 1. The first kappa shape index (κ1) is 23.5. The number of allylic oxidation sites excluding steroid dienone is 2. The fourth-order valence-corrected chi connectivity index (χ4v) is 3.79. The largest absolute Gasteiger partial charge is 0.487 e. The molecule has 2 unspecified atom stereocenters. The molecule has 2 aromatic rings. The van der Waals surface area contributed by atoms with Crippen molar-refractivity contribution in [3.8, 4) is 5.75 Å². The van der Waals surface area contributed by atoms with Gasteiger partial charge in [0.15, 0.2) is 0 Å². The average Bonchev–Trinajstić information content (AvgIpc) is 2.77. The molecule has 2 N–H and O–H groups in total. The summed E-state index contributed by atoms with van der Waals surface area (Å²) in [7, 11) is 0. The monoisotopic (exact) mass is 452 g/mol. The first-order valence-corrected chi connectivity index (χ1v) is 10.2. The summed E-state index contributed by atoms with van der Waals surface area (Å²) in [5.41, 5.74) is 0.313. The van der Waals surface area contributed by atoms with Gasteiger partial charge in [-0.25, -0.2) is 9.59 Å². The molecular weight excluding hydrogens is 428 g/mol. The van der Waals surface area contributed by atoms with Crippen molar-refractivity contribution in [2.24, 2.45) is 0 Å². The van der Waals surface area contributed by atoms with E-state index in [0.717, 1.165) is 0 Å². The van der Waals surface area contributed by atoms with Crippen LogP contribution in [-0.2, 0) is 14.3 Å². The maximum absolute atomic E-state index is 13.1. The Morgan fingerprint density at radius 3 is 2.30 bits per heavy atom. The number of nitro benzene ring substituents is 1. The van der Waals surface area contributed by atoms with E-state index in [-0.39, 0.29) is 29.0 Å². The Balaban J connectivity index is 1.93. The van der Waals surface area contributed by atoms with Gasteiger partial charge in [0.2, 0.25) is 0 Å². The molecule has 2 atom stereocenters. The highest BCUT2D eigenvalue weighted by atomic mass is 16.6. The Morgan fingerprint density at radius 1 is 1.06 bits per heavy atom. The molecule has 172 valence electrons. The van der Waals surface area contributed by atoms with Crippen molar-refractivity contribution in [3.05, 3.63) is 92.8 Å². The summed E-state index contributed by atoms with van der Waals surface area (Å²) in [6, 6.07) is 14.8. The lowest BCUT2D eigenvalue weighted by Crippen LogP contribution is -2.33. The fraction of sp³-hybridized carbons (Fsp3) is 0.250. The van der Waals surface area contributed by atoms with Crippen molar-refractivity contribution in [3.63, 3.8) is 0 Å². The zero-order chi connectivity index (χ0) is 24.1. The Bertz CT molecular complexity index is 1140. The standard InChI is InChI=1S/C24H24N2O7/c1-14(33-17-9-5-4-6-10-17)13-32-24(29)21-16(3)25-15(2)20(23(27)28)22(21)18-11-7-8-12-19(18)26(30)31/h4-12,14,22,25H,13H2,1-3H3,(H,27,28). The quantitative estimate of drug-likeness (QED) is 0.350. The number of carboxylic acids is 1. The lowest BCUT2D eigenvalue weighted by molar-refractivity contribution is -0.385. The molecule has 3 rings (SSSR count). The second-order valence-electron chi connectivity index (χ2n) is 7.60. The SMILES string of the molecule is CC1=C(C(=O)O)C(c2ccccc2[N+](=O)[O-])C(C(=O)OCC(C)Oc2ccccc2)=C(C)N1. The van der Waals surface area contributed by atoms with E-state index in [1.54, 1.807) is 39.0 Å². The molecule has 0 bridgehead atoms. The molecule has 0 spiro atoms. The number of nitrogens with one attached hydrogen (secondary N) is 1. The van der Waals surface area contributed by atoms with Crippen molar-refractivity contribution < 1.29 is 29.1 Å². The van der Waals surface area contributed by atoms with Gasteiger partial charge in [0.25, 0.3) is 5.69 Å². The predicted octanol–water partition coefficient (Wildman–Crippen LogP) is 3.92. The van der Waals surface area contributed by atoms with E-state index < -0.39 is 28.9 Å². The number of benzene rings is 2. The lowest BCUT2D eigenvalue weighted by atomic mass is 9.79. The van der Waals surface area contributed by atoms with Crippen LogP contribution in [0.4, 0.5) is 5.69 Å². The van der Waals surface area contributed by atoms with Gasteiger partial charge >= 0.3 is 11.9 Å². The van der Waals surface area contributed by atoms with Gasteiger partial charge in [-0.15, -0.1) is 0 Å². The Hall–Kier alpha value is -4.14. The average molecular weight is 452 g/mol. The summed E-state index contributed by atoms with van der Waals surface area (Å²) in [5.74, 6) is -2.64. The van der Waals surface area contributed by atoms with Crippen molar-refractivity contribution >= 4 is 17.6 Å². The van der Waals surface area contributed by atoms with E-state index in [0.29, 0.717) is 17.1 Å². The van der Waals surface area contributed by atoms with Gasteiger partial charge in [0, 0.05) is 23.0 Å². The summed E-state index contributed by atoms with van der Waals surface area (Å²) in [6.07, 6.45) is -0.477. The Morgan fingerprint density at radius 2 is 1.67 bits per heavy atom. The molecule has 9 nitrogen and oxygen atoms in total. The molecule has 0 fully saturated rings. The smallest absolute Gasteiger partial charge is 0.336 e. The molecule has 0 radical (unpaired) electrons. The van der Waals surface area contributed by atoms with Gasteiger partial charge in [-0.1, -0.05) is 36.4 Å². The molecule has 1 aliphatic rings. The zero-order valence-electron chi connectivity index (χ0n) is 18.4. The van der Waals surface area contributed by atoms with Crippen LogP contribution in [0.25, 0.3) is 0 Å². The Labute approximate surface area is 190 Å². The second-order valence-corrected chi connectivity index (χ2v) is 7.60. The minimum absolute atomic E-state index is 0.000730. The summed E-state index contributed by atoms with van der Waals surface area (Å²) >= 11 is 0. The van der Waals surface area contributed by atoms with E-state index in [1.165, 1.54) is 18.2 Å². The third kappa shape index (κ3) is 5.20. The van der Waals surface area contributed by atoms with E-state index in [1.807, 2.05) is 18.2 Å². The van der Waals surface area contributed by atoms with E-state index >= 15 is 0 Å². The van der Waals surface area contributed by atoms with Crippen LogP contribution >= 0.6 is 0 Å². The zero-order valence-corrected chi connectivity index (χ0v) is 18.4. The molecule has 0 saturated carbocycles. The number of esters is 1. The second kappa shape index (κ2) is 9.99. The summed E-state index contributed by atoms with van der Waals surface area (Å²) in [6.45, 7) is 4.78. The lowest BCUT2D eigenvalue weighted by Gasteiger charge is -2.29. The topological polar surface area (TPSA) is 128 Å². The molecule has 1 heterocycles. The number of carbonyl (C=O) groups excluding carboxylic acids is 1. The van der Waals surface area contributed by atoms with Crippen LogP contribution < -0.4 is 10.1 Å². The van der Waals surface area contributed by atoms with E-state index in [4.69, 9.17) is 9.47 Å². The number of rotatable bonds is 8. The van der Waals surface area contributed by atoms with Gasteiger partial charge in [0.1, 0.15) is 18.5 Å². The number of para-hydroxylation sites is 2. The molecule has 2 aromatic carbocycles. The van der Waals surface area contributed by atoms with Crippen LogP contribution in [0, 0.1) is 10.1 Å². The third-order valence-corrected chi connectivity index (χ3v) is 5.18. The van der Waals surface area contributed by atoms with Crippen LogP contribution in [0.5, 0.6) is 5.75 Å². The highest BCUT2D eigenvalue weighted by molar-refractivity contribution is 5.99. The highest BCUT2D eigenvalue weighted by Gasteiger charge is 2.40. The number of nitro groups is 1. The third-order valence-electron chi connectivity index (χ3n) is 5.18. The van der Waals surface area contributed by atoms with Gasteiger partial charge in [-0.2, -0.15) is 0 Å². The van der Waals surface area contributed by atoms with Crippen molar-refractivity contribution in [2.75, 3.05) is 6.61 Å². The predicted molar refractivity (Wildman–Crippen MR) is 119 cm³/mol. The van der Waals surface area contributed by atoms with Crippen LogP contribution in [0.3, 0.4) is 0 Å². The normalized spacial score (nSPS) is 16.6. The van der Waals surface area contributed by atoms with Crippen molar-refractivity contribution in [2.45, 2.75) is 32.8 Å². The molecule has 1 aliphatic heterocycles. The number of carbonyl (C=O) groups is 2. The van der Waals surface area contributed by atoms with Gasteiger partial charge in [-0.3, -0.25) is 10.1 Å². The highest BCUT2D eigenvalue weighted by Crippen LogP contribution is 2.42. The molecule has 0 amide bonds. The van der Waals surface area contributed by atoms with Gasteiger partial charge in [-0.05, 0) is 32.9 Å². The number of hydrogen-bond acceptors (Lipinski definition) is 7. The first-order chi connectivity index (χ1) is 15.7. The number of nitrogens with zero attached hydrogens (tertiary/aromatic N) is 1. The number of ether oxygens (including phenoxy) is 2. The van der Waals surface area contributed by atoms with Crippen molar-refractivity contribution in [1.29, 1.82) is 0 Å². The van der Waals surface area contributed by atoms with Crippen LogP contribution in [0.1, 0.15) is 32.3 Å². The number of dihydropyridines is 1.